The van der Waals surface area contributed by atoms with Gasteiger partial charge in [0.1, 0.15) is 32.0 Å². The fraction of sp³-hybridized carbons (Fsp3) is 0.529. The Hall–Kier alpha value is -4.46. The van der Waals surface area contributed by atoms with Crippen molar-refractivity contribution in [2.45, 2.75) is 132 Å². The number of ketones is 1. The zero-order chi connectivity index (χ0) is 47.1. The van der Waals surface area contributed by atoms with Gasteiger partial charge in [0.2, 0.25) is 0 Å². The molecule has 1 fully saturated rings. The summed E-state index contributed by atoms with van der Waals surface area (Å²) in [7, 11) is -3.24. The van der Waals surface area contributed by atoms with Crippen molar-refractivity contribution < 1.29 is 52.0 Å². The summed E-state index contributed by atoms with van der Waals surface area (Å²) in [4.78, 5) is 55.5. The van der Waals surface area contributed by atoms with Gasteiger partial charge in [-0.2, -0.15) is 0 Å². The Kier molecular flexibility index (Phi) is 16.4. The molecule has 3 aromatic rings. The molecule has 3 atom stereocenters. The lowest BCUT2D eigenvalue weighted by molar-refractivity contribution is -0.179. The molecule has 0 aliphatic carbocycles. The maximum Gasteiger partial charge on any atom is 0.311 e. The lowest BCUT2D eigenvalue weighted by atomic mass is 9.84. The predicted octanol–water partition coefficient (Wildman–Crippen LogP) is 8.30. The van der Waals surface area contributed by atoms with Crippen molar-refractivity contribution in [3.05, 3.63) is 108 Å². The first-order chi connectivity index (χ1) is 29.1. The minimum absolute atomic E-state index is 0.00411. The van der Waals surface area contributed by atoms with Crippen molar-refractivity contribution in [1.82, 2.24) is 0 Å². The maximum absolute atomic E-state index is 15.4. The van der Waals surface area contributed by atoms with Gasteiger partial charge in [0, 0.05) is 5.57 Å². The molecule has 1 aliphatic rings. The first-order valence-corrected chi connectivity index (χ1v) is 23.6. The molecule has 0 spiro atoms. The van der Waals surface area contributed by atoms with Crippen LogP contribution in [0.5, 0.6) is 0 Å². The van der Waals surface area contributed by atoms with Crippen LogP contribution in [0.15, 0.2) is 103 Å². The van der Waals surface area contributed by atoms with E-state index < -0.39 is 83.5 Å². The zero-order valence-electron chi connectivity index (χ0n) is 39.9. The van der Waals surface area contributed by atoms with Crippen molar-refractivity contribution in [2.75, 3.05) is 26.4 Å². The SMILES string of the molecule is CC1(C)O[C@@H]([C@@H](OCc2ccccc2)C(=O)CO[Si](c2ccccc2)(c2ccccc2)C(C)(C)C)[C@](COC(=O)C(C)(C)C)(/C(=C/COC(=O)C(C)(C)C)COC(=O)C(C)(C)C)O1. The molecule has 0 bridgehead atoms. The van der Waals surface area contributed by atoms with Crippen molar-refractivity contribution in [3.63, 3.8) is 0 Å². The number of carbonyl (C=O) groups is 4. The van der Waals surface area contributed by atoms with E-state index in [-0.39, 0.29) is 32.0 Å². The number of ether oxygens (including phenoxy) is 6. The second-order valence-electron chi connectivity index (χ2n) is 20.8. The summed E-state index contributed by atoms with van der Waals surface area (Å²) in [5, 5.41) is 1.52. The molecule has 12 heteroatoms. The lowest BCUT2D eigenvalue weighted by Gasteiger charge is -2.43. The fourth-order valence-electron chi connectivity index (χ4n) is 7.35. The number of benzene rings is 3. The summed E-state index contributed by atoms with van der Waals surface area (Å²) in [5.41, 5.74) is -3.44. The Morgan fingerprint density at radius 2 is 1.11 bits per heavy atom. The highest BCUT2D eigenvalue weighted by atomic mass is 28.4. The van der Waals surface area contributed by atoms with E-state index in [4.69, 9.17) is 32.8 Å². The van der Waals surface area contributed by atoms with Crippen LogP contribution >= 0.6 is 0 Å². The molecule has 63 heavy (non-hydrogen) atoms. The number of carbonyl (C=O) groups excluding carboxylic acids is 4. The van der Waals surface area contributed by atoms with Crippen LogP contribution in [-0.4, -0.2) is 82.0 Å². The standard InChI is InChI=1S/C51H70O11Si/c1-46(2,3)43(53)56-31-30-37(33-58-44(54)47(4,5)6)51(35-59-45(55)48(7,8)9)42(61-50(13,14)62-51)41(57-32-36-24-18-15-19-25-36)40(52)34-60-63(49(10,11)12,38-26-20-16-21-27-38)39-28-22-17-23-29-39/h15-30,41-42H,31-35H2,1-14H3/b37-30+/t41-,42-,51-/m0/s1. The summed E-state index contributed by atoms with van der Waals surface area (Å²) in [6.07, 6.45) is -1.16. The Bertz CT molecular complexity index is 2000. The molecule has 0 unspecified atom stereocenters. The monoisotopic (exact) mass is 886 g/mol. The van der Waals surface area contributed by atoms with Gasteiger partial charge in [-0.3, -0.25) is 19.2 Å². The molecule has 0 N–H and O–H groups in total. The van der Waals surface area contributed by atoms with Crippen LogP contribution in [0.4, 0.5) is 0 Å². The maximum atomic E-state index is 15.4. The van der Waals surface area contributed by atoms with Crippen LogP contribution in [0.2, 0.25) is 5.04 Å². The van der Waals surface area contributed by atoms with Gasteiger partial charge in [0.05, 0.1) is 29.5 Å². The third-order valence-corrected chi connectivity index (χ3v) is 15.7. The van der Waals surface area contributed by atoms with Crippen LogP contribution < -0.4 is 10.4 Å². The molecular formula is C51H70O11Si. The lowest BCUT2D eigenvalue weighted by Crippen LogP contribution is -2.67. The van der Waals surface area contributed by atoms with Gasteiger partial charge in [-0.05, 0) is 103 Å². The first-order valence-electron chi connectivity index (χ1n) is 21.7. The largest absolute Gasteiger partial charge is 0.462 e. The Balaban J connectivity index is 1.95. The van der Waals surface area contributed by atoms with Gasteiger partial charge in [-0.1, -0.05) is 112 Å². The van der Waals surface area contributed by atoms with Crippen LogP contribution in [0, 0.1) is 16.2 Å². The van der Waals surface area contributed by atoms with Crippen LogP contribution in [0.25, 0.3) is 0 Å². The fourth-order valence-corrected chi connectivity index (χ4v) is 11.9. The molecule has 1 aliphatic heterocycles. The van der Waals surface area contributed by atoms with Crippen LogP contribution in [-0.2, 0) is 58.6 Å². The molecule has 0 amide bonds. The quantitative estimate of drug-likeness (QED) is 0.0561. The van der Waals surface area contributed by atoms with Crippen LogP contribution in [0.3, 0.4) is 0 Å². The second-order valence-corrected chi connectivity index (χ2v) is 25.1. The highest BCUT2D eigenvalue weighted by Gasteiger charge is 2.61. The van der Waals surface area contributed by atoms with E-state index in [1.807, 2.05) is 91.0 Å². The highest BCUT2D eigenvalue weighted by Crippen LogP contribution is 2.45. The summed E-state index contributed by atoms with van der Waals surface area (Å²) in [5.74, 6) is -3.42. The minimum Gasteiger partial charge on any atom is -0.462 e. The van der Waals surface area contributed by atoms with Crippen molar-refractivity contribution in [2.24, 2.45) is 16.2 Å². The molecule has 4 rings (SSSR count). The molecule has 1 heterocycles. The number of esters is 3. The topological polar surface area (TPSA) is 133 Å². The zero-order valence-corrected chi connectivity index (χ0v) is 40.9. The third kappa shape index (κ3) is 12.8. The van der Waals surface area contributed by atoms with Gasteiger partial charge >= 0.3 is 17.9 Å². The molecular weight excluding hydrogens is 817 g/mol. The van der Waals surface area contributed by atoms with Gasteiger partial charge in [-0.15, -0.1) is 0 Å². The average Bonchev–Trinajstić information content (AvgIpc) is 3.48. The third-order valence-electron chi connectivity index (χ3n) is 10.7. The van der Waals surface area contributed by atoms with E-state index in [1.165, 1.54) is 0 Å². The van der Waals surface area contributed by atoms with E-state index >= 15 is 4.79 Å². The summed E-state index contributed by atoms with van der Waals surface area (Å²) >= 11 is 0. The Morgan fingerprint density at radius 1 is 0.651 bits per heavy atom. The van der Waals surface area contributed by atoms with Gasteiger partial charge in [0.25, 0.3) is 8.32 Å². The Labute approximate surface area is 376 Å². The highest BCUT2D eigenvalue weighted by molar-refractivity contribution is 6.99. The molecule has 1 saturated heterocycles. The van der Waals surface area contributed by atoms with Gasteiger partial charge in [0.15, 0.2) is 17.2 Å². The minimum atomic E-state index is -3.24. The molecule has 11 nitrogen and oxygen atoms in total. The van der Waals surface area contributed by atoms with Crippen molar-refractivity contribution >= 4 is 42.4 Å². The summed E-state index contributed by atoms with van der Waals surface area (Å²) in [6, 6.07) is 29.4. The number of hydrogen-bond acceptors (Lipinski definition) is 11. The number of Topliss-reactive ketones (excluding diaryl/α,β-unsaturated/α-hetero) is 1. The summed E-state index contributed by atoms with van der Waals surface area (Å²) < 4.78 is 45.3. The van der Waals surface area contributed by atoms with Crippen LogP contribution in [0.1, 0.15) is 102 Å². The first kappa shape index (κ1) is 51.2. The normalized spacial score (nSPS) is 19.0. The molecule has 0 saturated carbocycles. The molecule has 3 aromatic carbocycles. The summed E-state index contributed by atoms with van der Waals surface area (Å²) in [6.45, 7) is 23.8. The van der Waals surface area contributed by atoms with Crippen molar-refractivity contribution in [1.29, 1.82) is 0 Å². The van der Waals surface area contributed by atoms with E-state index in [9.17, 15) is 14.4 Å². The molecule has 344 valence electrons. The van der Waals surface area contributed by atoms with Gasteiger partial charge in [-0.25, -0.2) is 0 Å². The number of rotatable bonds is 17. The smallest absolute Gasteiger partial charge is 0.311 e. The second kappa shape index (κ2) is 20.1. The molecule has 0 radical (unpaired) electrons. The molecule has 0 aromatic heterocycles. The van der Waals surface area contributed by atoms with E-state index in [0.717, 1.165) is 15.9 Å². The van der Waals surface area contributed by atoms with E-state index in [2.05, 4.69) is 20.8 Å². The Morgan fingerprint density at radius 3 is 1.59 bits per heavy atom. The number of hydrogen-bond donors (Lipinski definition) is 0. The van der Waals surface area contributed by atoms with Crippen molar-refractivity contribution in [3.8, 4) is 0 Å². The predicted molar refractivity (Wildman–Crippen MR) is 246 cm³/mol. The average molecular weight is 887 g/mol. The van der Waals surface area contributed by atoms with E-state index in [1.54, 1.807) is 82.2 Å². The van der Waals surface area contributed by atoms with E-state index in [0.29, 0.717) is 0 Å². The van der Waals surface area contributed by atoms with Gasteiger partial charge < -0.3 is 32.8 Å².